The van der Waals surface area contributed by atoms with E-state index >= 15 is 0 Å². The number of fused-ring (bicyclic) bond motifs is 3. The maximum absolute atomic E-state index is 11.4. The van der Waals surface area contributed by atoms with Crippen LogP contribution in [0.4, 0.5) is 17.1 Å². The number of hydrogen-bond acceptors (Lipinski definition) is 7. The molecule has 0 unspecified atom stereocenters. The molecule has 4 rings (SSSR count). The van der Waals surface area contributed by atoms with Gasteiger partial charge in [0.05, 0.1) is 16.7 Å². The number of nitrogen functional groups attached to an aromatic ring is 1. The van der Waals surface area contributed by atoms with Crippen molar-refractivity contribution in [2.24, 2.45) is 5.18 Å². The molecule has 0 aliphatic heterocycles. The van der Waals surface area contributed by atoms with Gasteiger partial charge in [0, 0.05) is 16.5 Å². The molecule has 4 aromatic rings. The number of nitroso groups, excluding NO2 is 1. The number of hydrogen-bond donors (Lipinski definition) is 3. The van der Waals surface area contributed by atoms with Crippen molar-refractivity contribution in [3.05, 3.63) is 47.4 Å². The fourth-order valence-corrected chi connectivity index (χ4v) is 2.78. The molecule has 0 saturated carbocycles. The lowest BCUT2D eigenvalue weighted by molar-refractivity contribution is 0.390. The van der Waals surface area contributed by atoms with Gasteiger partial charge in [0.1, 0.15) is 16.7 Å². The summed E-state index contributed by atoms with van der Waals surface area (Å²) in [5.74, 6) is 0. The molecule has 7 heteroatoms. The van der Waals surface area contributed by atoms with Crippen LogP contribution in [0.15, 0.2) is 47.6 Å². The third-order valence-electron chi connectivity index (χ3n) is 3.80. The number of nitrogens with two attached hydrogens (primary N) is 1. The highest BCUT2D eigenvalue weighted by Gasteiger charge is 2.17. The van der Waals surface area contributed by atoms with Gasteiger partial charge < -0.3 is 5.73 Å². The maximum atomic E-state index is 11.4. The Hall–Kier alpha value is -3.32. The second-order valence-corrected chi connectivity index (χ2v) is 5.14. The normalized spacial score (nSPS) is 11.2. The molecule has 1 aromatic heterocycles. The molecule has 0 radical (unpaired) electrons. The summed E-state index contributed by atoms with van der Waals surface area (Å²) in [6, 6.07) is 12.2. The number of rotatable bonds is 2. The second-order valence-electron chi connectivity index (χ2n) is 5.14. The Bertz CT molecular complexity index is 1090. The van der Waals surface area contributed by atoms with Crippen LogP contribution in [0.25, 0.3) is 32.8 Å². The van der Waals surface area contributed by atoms with Gasteiger partial charge in [-0.05, 0) is 23.4 Å². The van der Waals surface area contributed by atoms with E-state index in [0.717, 1.165) is 0 Å². The average molecular weight is 305 g/mol. The lowest BCUT2D eigenvalue weighted by atomic mass is 10.0. The van der Waals surface area contributed by atoms with Crippen molar-refractivity contribution in [1.82, 2.24) is 9.97 Å². The summed E-state index contributed by atoms with van der Waals surface area (Å²) in [5, 5.41) is 13.9. The van der Waals surface area contributed by atoms with Crippen LogP contribution in [0.2, 0.25) is 0 Å². The molecular formula is C16H11N5O2. The zero-order valence-electron chi connectivity index (χ0n) is 11.8. The fourth-order valence-electron chi connectivity index (χ4n) is 2.78. The first-order valence-corrected chi connectivity index (χ1v) is 6.88. The largest absolute Gasteiger partial charge is 0.399 e. The predicted octanol–water partition coefficient (Wildman–Crippen LogP) is 3.72. The molecule has 0 bridgehead atoms. The molecule has 23 heavy (non-hydrogen) atoms. The average Bonchev–Trinajstić information content (AvgIpc) is 2.58. The van der Waals surface area contributed by atoms with Gasteiger partial charge in [-0.3, -0.25) is 10.7 Å². The number of nitrogens with zero attached hydrogens (tertiary/aromatic N) is 3. The molecule has 0 fully saturated rings. The Balaban J connectivity index is 2.30. The van der Waals surface area contributed by atoms with Crippen molar-refractivity contribution >= 4 is 49.9 Å². The lowest BCUT2D eigenvalue weighted by Crippen LogP contribution is -1.98. The third-order valence-corrected chi connectivity index (χ3v) is 3.80. The molecular weight excluding hydrogens is 294 g/mol. The summed E-state index contributed by atoms with van der Waals surface area (Å²) in [4.78, 5) is 20.4. The minimum Gasteiger partial charge on any atom is -0.399 e. The van der Waals surface area contributed by atoms with Gasteiger partial charge in [0.2, 0.25) is 0 Å². The van der Waals surface area contributed by atoms with E-state index in [2.05, 4.69) is 20.6 Å². The first kappa shape index (κ1) is 13.4. The van der Waals surface area contributed by atoms with E-state index in [9.17, 15) is 10.1 Å². The van der Waals surface area contributed by atoms with Crippen LogP contribution in [-0.2, 0) is 0 Å². The minimum absolute atomic E-state index is 0.187. The Labute approximate surface area is 129 Å². The van der Waals surface area contributed by atoms with Gasteiger partial charge in [-0.15, -0.1) is 4.91 Å². The first-order chi connectivity index (χ1) is 11.2. The molecule has 1 heterocycles. The molecule has 0 saturated heterocycles. The van der Waals surface area contributed by atoms with Crippen LogP contribution >= 0.6 is 0 Å². The van der Waals surface area contributed by atoms with Gasteiger partial charge in [-0.1, -0.05) is 24.3 Å². The number of anilines is 2. The second kappa shape index (κ2) is 4.85. The first-order valence-electron chi connectivity index (χ1n) is 6.88. The highest BCUT2D eigenvalue weighted by molar-refractivity contribution is 6.17. The standard InChI is InChI=1S/C16H11N5O2/c17-8-5-6-11-12(7-8)19-16-14(21-23)10-4-2-1-3-9(10)13(20-22)15(16)18-11/h1-7,20,22H,17H2. The Morgan fingerprint density at radius 2 is 1.74 bits per heavy atom. The smallest absolute Gasteiger partial charge is 0.143 e. The van der Waals surface area contributed by atoms with Gasteiger partial charge >= 0.3 is 0 Å². The zero-order valence-corrected chi connectivity index (χ0v) is 11.8. The fraction of sp³-hybridized carbons (Fsp3) is 0. The molecule has 0 aliphatic rings. The minimum atomic E-state index is 0.187. The van der Waals surface area contributed by atoms with E-state index < -0.39 is 0 Å². The molecule has 0 atom stereocenters. The molecule has 7 nitrogen and oxygen atoms in total. The van der Waals surface area contributed by atoms with Crippen molar-refractivity contribution < 1.29 is 5.21 Å². The van der Waals surface area contributed by atoms with Gasteiger partial charge in [0.15, 0.2) is 0 Å². The molecule has 112 valence electrons. The Morgan fingerprint density at radius 1 is 1.00 bits per heavy atom. The number of benzene rings is 3. The van der Waals surface area contributed by atoms with Crippen LogP contribution in [0, 0.1) is 4.91 Å². The van der Waals surface area contributed by atoms with Crippen molar-refractivity contribution in [2.75, 3.05) is 11.2 Å². The predicted molar refractivity (Wildman–Crippen MR) is 89.8 cm³/mol. The van der Waals surface area contributed by atoms with Gasteiger partial charge in [-0.2, -0.15) is 0 Å². The maximum Gasteiger partial charge on any atom is 0.143 e. The summed E-state index contributed by atoms with van der Waals surface area (Å²) >= 11 is 0. The highest BCUT2D eigenvalue weighted by Crippen LogP contribution is 2.40. The van der Waals surface area contributed by atoms with E-state index in [1.165, 1.54) is 0 Å². The molecule has 3 aromatic carbocycles. The van der Waals surface area contributed by atoms with Crippen LogP contribution in [0.5, 0.6) is 0 Å². The highest BCUT2D eigenvalue weighted by atomic mass is 16.5. The molecule has 0 aliphatic carbocycles. The van der Waals surface area contributed by atoms with E-state index in [4.69, 9.17) is 5.73 Å². The third kappa shape index (κ3) is 1.87. The SMILES string of the molecule is Nc1ccc2nc3c(NO)c4ccccc4c(N=O)c3nc2c1. The van der Waals surface area contributed by atoms with Gasteiger partial charge in [-0.25, -0.2) is 9.97 Å². The monoisotopic (exact) mass is 305 g/mol. The van der Waals surface area contributed by atoms with E-state index in [1.54, 1.807) is 42.5 Å². The Morgan fingerprint density at radius 3 is 2.48 bits per heavy atom. The number of aromatic nitrogens is 2. The van der Waals surface area contributed by atoms with Crippen LogP contribution in [0.1, 0.15) is 0 Å². The summed E-state index contributed by atoms with van der Waals surface area (Å²) < 4.78 is 0. The Kier molecular flexibility index (Phi) is 2.82. The summed E-state index contributed by atoms with van der Waals surface area (Å²) in [7, 11) is 0. The lowest BCUT2D eigenvalue weighted by Gasteiger charge is -2.11. The topological polar surface area (TPSA) is 113 Å². The van der Waals surface area contributed by atoms with Crippen LogP contribution in [-0.4, -0.2) is 15.2 Å². The van der Waals surface area contributed by atoms with E-state index in [0.29, 0.717) is 44.2 Å². The van der Waals surface area contributed by atoms with Crippen molar-refractivity contribution in [3.8, 4) is 0 Å². The molecule has 0 spiro atoms. The molecule has 0 amide bonds. The summed E-state index contributed by atoms with van der Waals surface area (Å²) in [6.07, 6.45) is 0. The van der Waals surface area contributed by atoms with Crippen LogP contribution in [0.3, 0.4) is 0 Å². The van der Waals surface area contributed by atoms with E-state index in [-0.39, 0.29) is 5.69 Å². The molecule has 4 N–H and O–H groups in total. The van der Waals surface area contributed by atoms with Crippen LogP contribution < -0.4 is 11.2 Å². The van der Waals surface area contributed by atoms with Gasteiger partial charge in [0.25, 0.3) is 0 Å². The van der Waals surface area contributed by atoms with E-state index in [1.807, 2.05) is 0 Å². The van der Waals surface area contributed by atoms with Crippen molar-refractivity contribution in [2.45, 2.75) is 0 Å². The zero-order chi connectivity index (χ0) is 16.0. The van der Waals surface area contributed by atoms with Crippen molar-refractivity contribution in [3.63, 3.8) is 0 Å². The summed E-state index contributed by atoms with van der Waals surface area (Å²) in [6.45, 7) is 0. The number of nitrogens with one attached hydrogen (secondary N) is 1. The van der Waals surface area contributed by atoms with Crippen molar-refractivity contribution in [1.29, 1.82) is 0 Å². The quantitative estimate of drug-likeness (QED) is 0.225. The summed E-state index contributed by atoms with van der Waals surface area (Å²) in [5.41, 5.74) is 10.9.